The first-order chi connectivity index (χ1) is 19.3. The lowest BCUT2D eigenvalue weighted by atomic mass is 9.97. The molecule has 1 saturated carbocycles. The van der Waals surface area contributed by atoms with E-state index in [1.165, 1.54) is 32.1 Å². The van der Waals surface area contributed by atoms with Gasteiger partial charge in [0.25, 0.3) is 5.91 Å². The minimum Gasteiger partial charge on any atom is -0.377 e. The molecule has 0 bridgehead atoms. The van der Waals surface area contributed by atoms with Crippen molar-refractivity contribution in [3.05, 3.63) is 35.9 Å². The zero-order valence-electron chi connectivity index (χ0n) is 23.0. The maximum absolute atomic E-state index is 12.0. The van der Waals surface area contributed by atoms with Crippen molar-refractivity contribution in [2.45, 2.75) is 51.0 Å². The van der Waals surface area contributed by atoms with Crippen LogP contribution in [0.25, 0.3) is 0 Å². The molecule has 1 aromatic heterocycles. The van der Waals surface area contributed by atoms with Crippen LogP contribution in [0.3, 0.4) is 0 Å². The Morgan fingerprint density at radius 3 is 2.26 bits per heavy atom. The average Bonchev–Trinajstić information content (AvgIpc) is 2.96. The molecule has 4 rings (SSSR count). The molecule has 1 aliphatic heterocycles. The van der Waals surface area contributed by atoms with E-state index < -0.39 is 0 Å². The van der Waals surface area contributed by atoms with Crippen LogP contribution in [0.15, 0.2) is 30.3 Å². The van der Waals surface area contributed by atoms with Crippen molar-refractivity contribution >= 4 is 23.8 Å². The molecule has 2 fully saturated rings. The second-order valence-corrected chi connectivity index (χ2v) is 9.98. The third-order valence-electron chi connectivity index (χ3n) is 6.93. The molecule has 39 heavy (non-hydrogen) atoms. The lowest BCUT2D eigenvalue weighted by molar-refractivity contribution is 0.0519. The molecule has 2 heterocycles. The van der Waals surface area contributed by atoms with E-state index in [1.54, 1.807) is 12.1 Å². The van der Waals surface area contributed by atoms with Crippen LogP contribution in [0, 0.1) is 0 Å². The number of ether oxygens (including phenoxy) is 2. The number of hydrogen-bond acceptors (Lipinski definition) is 10. The number of carbonyl (C=O) groups excluding carboxylic acids is 1. The van der Waals surface area contributed by atoms with Crippen molar-refractivity contribution < 1.29 is 14.3 Å². The van der Waals surface area contributed by atoms with Gasteiger partial charge in [-0.05, 0) is 25.0 Å². The topological polar surface area (TPSA) is 126 Å². The van der Waals surface area contributed by atoms with Gasteiger partial charge in [0.05, 0.1) is 26.4 Å². The monoisotopic (exact) mass is 540 g/mol. The van der Waals surface area contributed by atoms with Gasteiger partial charge in [-0.25, -0.2) is 0 Å². The number of amides is 1. The number of nitrogens with zero attached hydrogens (tertiary/aromatic N) is 4. The lowest BCUT2D eigenvalue weighted by Crippen LogP contribution is -2.44. The van der Waals surface area contributed by atoms with E-state index in [-0.39, 0.29) is 5.91 Å². The van der Waals surface area contributed by atoms with Gasteiger partial charge in [-0.2, -0.15) is 15.0 Å². The summed E-state index contributed by atoms with van der Waals surface area (Å²) in [6.07, 6.45) is 8.79. The highest BCUT2D eigenvalue weighted by molar-refractivity contribution is 5.94. The van der Waals surface area contributed by atoms with Crippen molar-refractivity contribution in [3.8, 4) is 0 Å². The Bertz CT molecular complexity index is 967. The maximum atomic E-state index is 12.0. The fourth-order valence-electron chi connectivity index (χ4n) is 4.78. The SMILES string of the molecule is O=C(NCCOCCOCCNc1nc(NC2CCCCCCC2)nc(N2CCNCC2)n1)c1ccccc1. The van der Waals surface area contributed by atoms with E-state index in [0.717, 1.165) is 45.0 Å². The Labute approximate surface area is 231 Å². The fourth-order valence-corrected chi connectivity index (χ4v) is 4.78. The summed E-state index contributed by atoms with van der Waals surface area (Å²) in [5.74, 6) is 1.85. The van der Waals surface area contributed by atoms with Gasteiger partial charge in [-0.3, -0.25) is 4.79 Å². The Kier molecular flexibility index (Phi) is 12.5. The van der Waals surface area contributed by atoms with Gasteiger partial charge in [0.2, 0.25) is 17.8 Å². The van der Waals surface area contributed by atoms with Crippen LogP contribution < -0.4 is 26.2 Å². The highest BCUT2D eigenvalue weighted by Crippen LogP contribution is 2.21. The molecule has 0 radical (unpaired) electrons. The minimum atomic E-state index is -0.0944. The molecule has 0 spiro atoms. The molecule has 1 aromatic carbocycles. The minimum absolute atomic E-state index is 0.0944. The number of rotatable bonds is 14. The molecule has 1 aliphatic carbocycles. The van der Waals surface area contributed by atoms with E-state index in [9.17, 15) is 4.79 Å². The first-order valence-electron chi connectivity index (χ1n) is 14.5. The Morgan fingerprint density at radius 2 is 1.51 bits per heavy atom. The van der Waals surface area contributed by atoms with Crippen LogP contribution in [0.2, 0.25) is 0 Å². The highest BCUT2D eigenvalue weighted by atomic mass is 16.5. The average molecular weight is 541 g/mol. The number of hydrogen-bond donors (Lipinski definition) is 4. The number of aromatic nitrogens is 3. The summed E-state index contributed by atoms with van der Waals surface area (Å²) in [5.41, 5.74) is 0.648. The second kappa shape index (κ2) is 16.8. The Morgan fingerprint density at radius 1 is 0.846 bits per heavy atom. The van der Waals surface area contributed by atoms with Crippen LogP contribution in [-0.2, 0) is 9.47 Å². The number of piperazine rings is 1. The predicted molar refractivity (Wildman–Crippen MR) is 154 cm³/mol. The van der Waals surface area contributed by atoms with Gasteiger partial charge in [0.15, 0.2) is 0 Å². The standard InChI is InChI=1S/C28H44N8O3/c37-25(23-9-5-4-6-10-23)30-15-19-38-21-22-39-20-16-31-26-33-27(32-24-11-7-2-1-3-8-12-24)35-28(34-26)36-17-13-29-14-18-36/h4-6,9-10,24,29H,1-3,7-8,11-22H2,(H,30,37)(H2,31,32,33,34,35). The third kappa shape index (κ3) is 10.6. The first-order valence-corrected chi connectivity index (χ1v) is 14.5. The molecule has 0 atom stereocenters. The summed E-state index contributed by atoms with van der Waals surface area (Å²) in [7, 11) is 0. The third-order valence-corrected chi connectivity index (χ3v) is 6.93. The summed E-state index contributed by atoms with van der Waals surface area (Å²) < 4.78 is 11.3. The van der Waals surface area contributed by atoms with E-state index in [0.29, 0.717) is 63.0 Å². The van der Waals surface area contributed by atoms with Gasteiger partial charge in [-0.15, -0.1) is 0 Å². The van der Waals surface area contributed by atoms with Crippen molar-refractivity contribution in [3.63, 3.8) is 0 Å². The predicted octanol–water partition coefficient (Wildman–Crippen LogP) is 2.68. The summed E-state index contributed by atoms with van der Waals surface area (Å²) in [6.45, 7) is 6.55. The number of carbonyl (C=O) groups is 1. The lowest BCUT2D eigenvalue weighted by Gasteiger charge is -2.28. The van der Waals surface area contributed by atoms with E-state index in [1.807, 2.05) is 18.2 Å². The van der Waals surface area contributed by atoms with Gasteiger partial charge < -0.3 is 35.6 Å². The smallest absolute Gasteiger partial charge is 0.251 e. The fraction of sp³-hybridized carbons (Fsp3) is 0.643. The Balaban J connectivity index is 1.15. The summed E-state index contributed by atoms with van der Waals surface area (Å²) in [5, 5.41) is 13.1. The van der Waals surface area contributed by atoms with Crippen molar-refractivity contribution in [2.24, 2.45) is 0 Å². The van der Waals surface area contributed by atoms with Crippen LogP contribution in [0.1, 0.15) is 55.3 Å². The molecule has 2 aromatic rings. The van der Waals surface area contributed by atoms with Gasteiger partial charge in [0.1, 0.15) is 0 Å². The zero-order chi connectivity index (χ0) is 27.0. The quantitative estimate of drug-likeness (QED) is 0.266. The van der Waals surface area contributed by atoms with Crippen LogP contribution in [0.4, 0.5) is 17.8 Å². The zero-order valence-corrected chi connectivity index (χ0v) is 23.0. The molecule has 2 aliphatic rings. The largest absolute Gasteiger partial charge is 0.377 e. The second-order valence-electron chi connectivity index (χ2n) is 9.98. The van der Waals surface area contributed by atoms with E-state index >= 15 is 0 Å². The van der Waals surface area contributed by atoms with Crippen molar-refractivity contribution in [1.82, 2.24) is 25.6 Å². The maximum Gasteiger partial charge on any atom is 0.251 e. The molecular weight excluding hydrogens is 496 g/mol. The van der Waals surface area contributed by atoms with Crippen LogP contribution in [0.5, 0.6) is 0 Å². The number of nitrogens with one attached hydrogen (secondary N) is 4. The first kappa shape index (κ1) is 29.0. The molecule has 1 saturated heterocycles. The van der Waals surface area contributed by atoms with Gasteiger partial charge >= 0.3 is 0 Å². The molecule has 0 unspecified atom stereocenters. The van der Waals surface area contributed by atoms with Gasteiger partial charge in [-0.1, -0.05) is 50.3 Å². The molecule has 1 amide bonds. The summed E-state index contributed by atoms with van der Waals surface area (Å²) >= 11 is 0. The van der Waals surface area contributed by atoms with Crippen molar-refractivity contribution in [2.75, 3.05) is 81.2 Å². The molecular formula is C28H44N8O3. The number of anilines is 3. The molecule has 214 valence electrons. The number of benzene rings is 1. The normalized spacial score (nSPS) is 16.8. The molecule has 11 heteroatoms. The summed E-state index contributed by atoms with van der Waals surface area (Å²) in [6, 6.07) is 9.57. The van der Waals surface area contributed by atoms with Crippen LogP contribution >= 0.6 is 0 Å². The van der Waals surface area contributed by atoms with Gasteiger partial charge in [0, 0.05) is 50.9 Å². The molecule has 4 N–H and O–H groups in total. The highest BCUT2D eigenvalue weighted by Gasteiger charge is 2.18. The van der Waals surface area contributed by atoms with Crippen LogP contribution in [-0.4, -0.2) is 92.6 Å². The van der Waals surface area contributed by atoms with E-state index in [4.69, 9.17) is 19.4 Å². The Hall–Kier alpha value is -3.02. The van der Waals surface area contributed by atoms with Crippen molar-refractivity contribution in [1.29, 1.82) is 0 Å². The van der Waals surface area contributed by atoms with E-state index in [2.05, 4.69) is 31.2 Å². The molecule has 11 nitrogen and oxygen atoms in total. The summed E-state index contributed by atoms with van der Waals surface area (Å²) in [4.78, 5) is 28.4.